The second-order valence-electron chi connectivity index (χ2n) is 7.46. The van der Waals surface area contributed by atoms with E-state index in [0.717, 1.165) is 0 Å². The second-order valence-corrected chi connectivity index (χ2v) is 9.07. The van der Waals surface area contributed by atoms with Crippen LogP contribution in [-0.2, 0) is 19.3 Å². The van der Waals surface area contributed by atoms with Crippen molar-refractivity contribution in [2.75, 3.05) is 27.4 Å². The summed E-state index contributed by atoms with van der Waals surface area (Å²) in [5.74, 6) is -0.602. The van der Waals surface area contributed by atoms with Gasteiger partial charge in [-0.25, -0.2) is 0 Å². The fourth-order valence-corrected chi connectivity index (χ4v) is 5.65. The van der Waals surface area contributed by atoms with Gasteiger partial charge in [0.2, 0.25) is 16.7 Å². The van der Waals surface area contributed by atoms with Crippen LogP contribution in [0.5, 0.6) is 0 Å². The Hall–Kier alpha value is -3.29. The first-order valence-corrected chi connectivity index (χ1v) is 11.4. The number of carbonyl (C=O) groups excluding carboxylic acids is 3. The third kappa shape index (κ3) is 3.25. The number of anilines is 3. The molecule has 0 bridgehead atoms. The summed E-state index contributed by atoms with van der Waals surface area (Å²) in [5, 5.41) is 3.37. The Labute approximate surface area is 194 Å². The van der Waals surface area contributed by atoms with E-state index in [1.54, 1.807) is 29.2 Å². The highest BCUT2D eigenvalue weighted by molar-refractivity contribution is 8.02. The van der Waals surface area contributed by atoms with Crippen molar-refractivity contribution in [3.8, 4) is 0 Å². The van der Waals surface area contributed by atoms with E-state index < -0.39 is 4.87 Å². The minimum atomic E-state index is -1.23. The molecule has 2 aliphatic heterocycles. The summed E-state index contributed by atoms with van der Waals surface area (Å²) in [4.78, 5) is 41.4. The highest BCUT2D eigenvalue weighted by atomic mass is 35.5. The number of carbonyl (C=O) groups is 3. The molecule has 0 radical (unpaired) electrons. The van der Waals surface area contributed by atoms with Gasteiger partial charge in [0, 0.05) is 22.0 Å². The Kier molecular flexibility index (Phi) is 5.15. The number of nitrogens with one attached hydrogen (secondary N) is 1. The molecule has 32 heavy (non-hydrogen) atoms. The smallest absolute Gasteiger partial charge is 0.269 e. The number of halogens is 1. The van der Waals surface area contributed by atoms with Crippen LogP contribution in [0.3, 0.4) is 0 Å². The molecule has 0 aliphatic carbocycles. The number of rotatable bonds is 4. The van der Waals surface area contributed by atoms with E-state index in [1.807, 2.05) is 54.6 Å². The predicted molar refractivity (Wildman–Crippen MR) is 127 cm³/mol. The first-order chi connectivity index (χ1) is 15.5. The zero-order chi connectivity index (χ0) is 22.3. The van der Waals surface area contributed by atoms with Gasteiger partial charge in [-0.2, -0.15) is 0 Å². The van der Waals surface area contributed by atoms with Gasteiger partial charge in [0.1, 0.15) is 6.54 Å². The summed E-state index contributed by atoms with van der Waals surface area (Å²) < 4.78 is 0. The number of fused-ring (bicyclic) bond motifs is 2. The van der Waals surface area contributed by atoms with E-state index in [2.05, 4.69) is 5.32 Å². The van der Waals surface area contributed by atoms with Gasteiger partial charge in [0.15, 0.2) is 0 Å². The van der Waals surface area contributed by atoms with E-state index in [0.29, 0.717) is 27.6 Å². The summed E-state index contributed by atoms with van der Waals surface area (Å²) in [6, 6.07) is 23.3. The second kappa shape index (κ2) is 8.00. The summed E-state index contributed by atoms with van der Waals surface area (Å²) in [5.41, 5.74) is 2.58. The number of hydrogen-bond acceptors (Lipinski definition) is 4. The highest BCUT2D eigenvalue weighted by Gasteiger charge is 2.61. The van der Waals surface area contributed by atoms with Gasteiger partial charge in [-0.05, 0) is 42.5 Å². The lowest BCUT2D eigenvalue weighted by atomic mass is 10.0. The van der Waals surface area contributed by atoms with Crippen molar-refractivity contribution in [2.45, 2.75) is 4.87 Å². The molecule has 1 fully saturated rings. The molecular weight excluding hydrogens is 446 g/mol. The van der Waals surface area contributed by atoms with Gasteiger partial charge in [0.25, 0.3) is 5.91 Å². The fraction of sp³-hybridized carbons (Fsp3) is 0.125. The van der Waals surface area contributed by atoms with Crippen LogP contribution in [0.25, 0.3) is 0 Å². The van der Waals surface area contributed by atoms with Crippen LogP contribution >= 0.6 is 23.4 Å². The highest BCUT2D eigenvalue weighted by Crippen LogP contribution is 2.55. The monoisotopic (exact) mass is 463 g/mol. The van der Waals surface area contributed by atoms with Crippen molar-refractivity contribution in [1.29, 1.82) is 0 Å². The Morgan fingerprint density at radius 1 is 0.969 bits per heavy atom. The Balaban J connectivity index is 1.50. The SMILES string of the molecule is O=C(CN1C(=O)C2(SCC(=O)N2c2ccccc2)c2ccccc21)Nc1ccc(Cl)cc1. The Bertz CT molecular complexity index is 1220. The molecule has 1 N–H and O–H groups in total. The van der Waals surface area contributed by atoms with Crippen LogP contribution in [0.2, 0.25) is 5.02 Å². The molecule has 1 atom stereocenters. The maximum absolute atomic E-state index is 13.9. The third-order valence-corrected chi connectivity index (χ3v) is 7.15. The average Bonchev–Trinajstić information content (AvgIpc) is 3.27. The van der Waals surface area contributed by atoms with Crippen molar-refractivity contribution in [3.05, 3.63) is 89.4 Å². The standard InChI is InChI=1S/C24H18ClN3O3S/c25-16-10-12-17(13-11-16)26-21(29)14-27-20-9-5-4-8-19(20)24(23(27)31)28(22(30)15-32-24)18-6-2-1-3-7-18/h1-13H,14-15H2,(H,26,29). The number of amides is 3. The number of hydrogen-bond donors (Lipinski definition) is 1. The lowest BCUT2D eigenvalue weighted by molar-refractivity contribution is -0.124. The molecule has 160 valence electrons. The zero-order valence-corrected chi connectivity index (χ0v) is 18.4. The minimum absolute atomic E-state index is 0.142. The zero-order valence-electron chi connectivity index (χ0n) is 16.8. The average molecular weight is 464 g/mol. The van der Waals surface area contributed by atoms with Crippen molar-refractivity contribution in [2.24, 2.45) is 0 Å². The van der Waals surface area contributed by atoms with Gasteiger partial charge in [-0.3, -0.25) is 24.2 Å². The molecule has 8 heteroatoms. The molecule has 1 saturated heterocycles. The molecule has 5 rings (SSSR count). The van der Waals surface area contributed by atoms with E-state index >= 15 is 0 Å². The third-order valence-electron chi connectivity index (χ3n) is 5.51. The van der Waals surface area contributed by atoms with Crippen LogP contribution in [0.15, 0.2) is 78.9 Å². The van der Waals surface area contributed by atoms with Crippen LogP contribution in [-0.4, -0.2) is 30.0 Å². The lowest BCUT2D eigenvalue weighted by Crippen LogP contribution is -2.50. The van der Waals surface area contributed by atoms with E-state index in [-0.39, 0.29) is 30.0 Å². The van der Waals surface area contributed by atoms with Crippen molar-refractivity contribution in [3.63, 3.8) is 0 Å². The van der Waals surface area contributed by atoms with Gasteiger partial charge in [-0.15, -0.1) is 11.8 Å². The minimum Gasteiger partial charge on any atom is -0.325 e. The molecule has 1 unspecified atom stereocenters. The van der Waals surface area contributed by atoms with Gasteiger partial charge >= 0.3 is 0 Å². The number of benzene rings is 3. The fourth-order valence-electron chi connectivity index (χ4n) is 4.17. The summed E-state index contributed by atoms with van der Waals surface area (Å²) in [6.07, 6.45) is 0. The summed E-state index contributed by atoms with van der Waals surface area (Å²) >= 11 is 7.20. The molecule has 2 aliphatic rings. The van der Waals surface area contributed by atoms with Crippen molar-refractivity contribution < 1.29 is 14.4 Å². The molecule has 0 saturated carbocycles. The topological polar surface area (TPSA) is 69.7 Å². The van der Waals surface area contributed by atoms with Crippen LogP contribution in [0, 0.1) is 0 Å². The van der Waals surface area contributed by atoms with Crippen molar-refractivity contribution in [1.82, 2.24) is 0 Å². The lowest BCUT2D eigenvalue weighted by Gasteiger charge is -2.33. The molecule has 6 nitrogen and oxygen atoms in total. The Morgan fingerprint density at radius 3 is 2.41 bits per heavy atom. The molecule has 3 aromatic rings. The molecule has 3 amide bonds. The molecular formula is C24H18ClN3O3S. The summed E-state index contributed by atoms with van der Waals surface area (Å²) in [6.45, 7) is -0.169. The van der Waals surface area contributed by atoms with Crippen LogP contribution in [0.4, 0.5) is 17.1 Å². The normalized spacial score (nSPS) is 19.5. The number of thioether (sulfide) groups is 1. The van der Waals surface area contributed by atoms with E-state index in [4.69, 9.17) is 11.6 Å². The number of para-hydroxylation sites is 2. The predicted octanol–water partition coefficient (Wildman–Crippen LogP) is 4.26. The van der Waals surface area contributed by atoms with Gasteiger partial charge in [-0.1, -0.05) is 48.0 Å². The maximum atomic E-state index is 13.9. The van der Waals surface area contributed by atoms with E-state index in [1.165, 1.54) is 16.7 Å². The quantitative estimate of drug-likeness (QED) is 0.627. The number of nitrogens with zero attached hydrogens (tertiary/aromatic N) is 2. The molecule has 2 heterocycles. The largest absolute Gasteiger partial charge is 0.325 e. The molecule has 3 aromatic carbocycles. The van der Waals surface area contributed by atoms with E-state index in [9.17, 15) is 14.4 Å². The summed E-state index contributed by atoms with van der Waals surface area (Å²) in [7, 11) is 0. The molecule has 1 spiro atoms. The first kappa shape index (κ1) is 20.6. The van der Waals surface area contributed by atoms with Crippen molar-refractivity contribution >= 4 is 58.1 Å². The van der Waals surface area contributed by atoms with Gasteiger partial charge in [0.05, 0.1) is 11.4 Å². The van der Waals surface area contributed by atoms with Gasteiger partial charge < -0.3 is 5.32 Å². The first-order valence-electron chi connectivity index (χ1n) is 9.99. The maximum Gasteiger partial charge on any atom is 0.269 e. The molecule has 0 aromatic heterocycles. The van der Waals surface area contributed by atoms with Crippen LogP contribution in [0.1, 0.15) is 5.56 Å². The Morgan fingerprint density at radius 2 is 1.66 bits per heavy atom. The van der Waals surface area contributed by atoms with Crippen LogP contribution < -0.4 is 15.1 Å².